The number of fused-ring (bicyclic) bond motifs is 2. The van der Waals surface area contributed by atoms with E-state index in [1.165, 1.54) is 0 Å². The lowest BCUT2D eigenvalue weighted by Crippen LogP contribution is -2.18. The van der Waals surface area contributed by atoms with Gasteiger partial charge in [0.15, 0.2) is 5.65 Å². The predicted molar refractivity (Wildman–Crippen MR) is 98.3 cm³/mol. The molecule has 1 aromatic carbocycles. The third kappa shape index (κ3) is 2.29. The molecule has 4 heterocycles. The lowest BCUT2D eigenvalue weighted by Gasteiger charge is -2.06. The number of nitrogens with one attached hydrogen (secondary N) is 1. The van der Waals surface area contributed by atoms with Gasteiger partial charge in [-0.05, 0) is 35.9 Å². The molecule has 0 aliphatic carbocycles. The van der Waals surface area contributed by atoms with Crippen molar-refractivity contribution in [3.05, 3.63) is 83.3 Å². The van der Waals surface area contributed by atoms with E-state index in [1.54, 1.807) is 23.3 Å². The first-order valence-corrected chi connectivity index (χ1v) is 8.20. The van der Waals surface area contributed by atoms with E-state index in [2.05, 4.69) is 15.0 Å². The van der Waals surface area contributed by atoms with Crippen molar-refractivity contribution in [1.82, 2.24) is 29.1 Å². The van der Waals surface area contributed by atoms with Gasteiger partial charge < -0.3 is 4.98 Å². The smallest absolute Gasteiger partial charge is 0.304 e. The van der Waals surface area contributed by atoms with Crippen LogP contribution >= 0.6 is 0 Å². The topological polar surface area (TPSA) is 81.4 Å². The molecule has 5 aromatic rings. The summed E-state index contributed by atoms with van der Waals surface area (Å²) in [5, 5.41) is 0. The third-order valence-electron chi connectivity index (χ3n) is 4.37. The molecule has 0 atom stereocenters. The van der Waals surface area contributed by atoms with Gasteiger partial charge >= 0.3 is 5.69 Å². The van der Waals surface area contributed by atoms with E-state index in [4.69, 9.17) is 4.98 Å². The normalized spacial score (nSPS) is 11.4. The van der Waals surface area contributed by atoms with Gasteiger partial charge in [-0.15, -0.1) is 0 Å². The molecule has 0 spiro atoms. The largest absolute Gasteiger partial charge is 0.327 e. The first-order valence-electron chi connectivity index (χ1n) is 8.20. The number of aromatic nitrogens is 6. The highest BCUT2D eigenvalue weighted by Gasteiger charge is 2.12. The summed E-state index contributed by atoms with van der Waals surface area (Å²) in [5.74, 6) is 0.713. The van der Waals surface area contributed by atoms with E-state index < -0.39 is 0 Å². The van der Waals surface area contributed by atoms with Crippen LogP contribution in [0.4, 0.5) is 0 Å². The number of aromatic amines is 1. The fourth-order valence-corrected chi connectivity index (χ4v) is 3.12. The third-order valence-corrected chi connectivity index (χ3v) is 4.37. The van der Waals surface area contributed by atoms with Gasteiger partial charge in [-0.1, -0.05) is 18.2 Å². The van der Waals surface area contributed by atoms with E-state index in [1.807, 2.05) is 53.1 Å². The second-order valence-electron chi connectivity index (χ2n) is 6.02. The van der Waals surface area contributed by atoms with E-state index in [0.29, 0.717) is 23.5 Å². The summed E-state index contributed by atoms with van der Waals surface area (Å²) < 4.78 is 3.54. The number of rotatable bonds is 3. The number of hydrogen-bond donors (Lipinski definition) is 1. The summed E-state index contributed by atoms with van der Waals surface area (Å²) in [6.45, 7) is 0.411. The molecule has 1 N–H and O–H groups in total. The Kier molecular flexibility index (Phi) is 3.18. The zero-order chi connectivity index (χ0) is 17.5. The van der Waals surface area contributed by atoms with Gasteiger partial charge in [-0.25, -0.2) is 14.8 Å². The molecule has 0 unspecified atom stereocenters. The van der Waals surface area contributed by atoms with E-state index in [0.717, 1.165) is 16.6 Å². The summed E-state index contributed by atoms with van der Waals surface area (Å²) in [4.78, 5) is 28.5. The van der Waals surface area contributed by atoms with Gasteiger partial charge in [0.1, 0.15) is 12.1 Å². The SMILES string of the molecule is O=c1[nH]c2ccc(-n3cnc4ccccc43)nc2n1Cc1cccnc1. The monoisotopic (exact) mass is 342 g/mol. The molecule has 0 amide bonds. The van der Waals surface area contributed by atoms with Crippen molar-refractivity contribution < 1.29 is 0 Å². The lowest BCUT2D eigenvalue weighted by molar-refractivity contribution is 0.773. The van der Waals surface area contributed by atoms with Crippen LogP contribution in [0.5, 0.6) is 0 Å². The average Bonchev–Trinajstić information content (AvgIpc) is 3.24. The second-order valence-corrected chi connectivity index (χ2v) is 6.02. The Hall–Kier alpha value is -3.74. The molecule has 7 heteroatoms. The van der Waals surface area contributed by atoms with Crippen LogP contribution in [0, 0.1) is 0 Å². The standard InChI is InChI=1S/C19H14N6O/c26-19-22-15-7-8-17(25-12-21-14-5-1-2-6-16(14)25)23-18(15)24(19)11-13-4-3-9-20-10-13/h1-10,12H,11H2,(H,22,26). The maximum atomic E-state index is 12.4. The number of nitrogens with zero attached hydrogens (tertiary/aromatic N) is 5. The molecule has 0 saturated heterocycles. The Bertz CT molecular complexity index is 1280. The van der Waals surface area contributed by atoms with Crippen LogP contribution in [0.3, 0.4) is 0 Å². The van der Waals surface area contributed by atoms with Crippen molar-refractivity contribution in [2.24, 2.45) is 0 Å². The molecule has 0 saturated carbocycles. The van der Waals surface area contributed by atoms with Gasteiger partial charge in [-0.3, -0.25) is 14.1 Å². The minimum Gasteiger partial charge on any atom is -0.304 e. The summed E-state index contributed by atoms with van der Waals surface area (Å²) in [6.07, 6.45) is 5.20. The Balaban J connectivity index is 1.67. The molecular weight excluding hydrogens is 328 g/mol. The molecule has 26 heavy (non-hydrogen) atoms. The summed E-state index contributed by atoms with van der Waals surface area (Å²) in [5.41, 5.74) is 3.92. The molecule has 0 aliphatic rings. The minimum atomic E-state index is -0.191. The van der Waals surface area contributed by atoms with Crippen LogP contribution in [0.1, 0.15) is 5.56 Å². The summed E-state index contributed by atoms with van der Waals surface area (Å²) in [7, 11) is 0. The van der Waals surface area contributed by atoms with Crippen molar-refractivity contribution in [1.29, 1.82) is 0 Å². The van der Waals surface area contributed by atoms with E-state index >= 15 is 0 Å². The highest BCUT2D eigenvalue weighted by Crippen LogP contribution is 2.18. The van der Waals surface area contributed by atoms with Gasteiger partial charge in [-0.2, -0.15) is 0 Å². The van der Waals surface area contributed by atoms with E-state index in [9.17, 15) is 4.79 Å². The fraction of sp³-hybridized carbons (Fsp3) is 0.0526. The number of para-hydroxylation sites is 2. The van der Waals surface area contributed by atoms with Crippen LogP contribution in [0.2, 0.25) is 0 Å². The predicted octanol–water partition coefficient (Wildman–Crippen LogP) is 2.51. The first-order chi connectivity index (χ1) is 12.8. The van der Waals surface area contributed by atoms with Crippen LogP contribution < -0.4 is 5.69 Å². The zero-order valence-corrected chi connectivity index (χ0v) is 13.7. The number of hydrogen-bond acceptors (Lipinski definition) is 4. The molecule has 0 aliphatic heterocycles. The fourth-order valence-electron chi connectivity index (χ4n) is 3.12. The number of imidazole rings is 2. The molecule has 0 radical (unpaired) electrons. The Morgan fingerprint density at radius 3 is 2.85 bits per heavy atom. The number of pyridine rings is 2. The number of H-pyrrole nitrogens is 1. The van der Waals surface area contributed by atoms with Crippen molar-refractivity contribution >= 4 is 22.2 Å². The molecule has 5 rings (SSSR count). The van der Waals surface area contributed by atoms with Crippen LogP contribution in [0.15, 0.2) is 72.0 Å². The Morgan fingerprint density at radius 1 is 1.04 bits per heavy atom. The summed E-state index contributed by atoms with van der Waals surface area (Å²) in [6, 6.07) is 15.4. The molecule has 0 fully saturated rings. The van der Waals surface area contributed by atoms with E-state index in [-0.39, 0.29) is 5.69 Å². The molecule has 7 nitrogen and oxygen atoms in total. The van der Waals surface area contributed by atoms with Crippen molar-refractivity contribution in [2.75, 3.05) is 0 Å². The highest BCUT2D eigenvalue weighted by molar-refractivity contribution is 5.78. The zero-order valence-electron chi connectivity index (χ0n) is 13.7. The van der Waals surface area contributed by atoms with Gasteiger partial charge in [0.25, 0.3) is 0 Å². The molecule has 0 bridgehead atoms. The first kappa shape index (κ1) is 14.6. The van der Waals surface area contributed by atoms with Gasteiger partial charge in [0.2, 0.25) is 0 Å². The van der Waals surface area contributed by atoms with Crippen LogP contribution in [-0.4, -0.2) is 29.1 Å². The van der Waals surface area contributed by atoms with Crippen molar-refractivity contribution in [3.63, 3.8) is 0 Å². The average molecular weight is 342 g/mol. The molecule has 126 valence electrons. The lowest BCUT2D eigenvalue weighted by atomic mass is 10.3. The van der Waals surface area contributed by atoms with Gasteiger partial charge in [0.05, 0.1) is 23.1 Å². The number of benzene rings is 1. The quantitative estimate of drug-likeness (QED) is 0.546. The Labute approximate surface area is 147 Å². The van der Waals surface area contributed by atoms with Crippen molar-refractivity contribution in [2.45, 2.75) is 6.54 Å². The maximum Gasteiger partial charge on any atom is 0.327 e. The molecule has 4 aromatic heterocycles. The highest BCUT2D eigenvalue weighted by atomic mass is 16.1. The maximum absolute atomic E-state index is 12.4. The van der Waals surface area contributed by atoms with Gasteiger partial charge in [0, 0.05) is 12.4 Å². The molecular formula is C19H14N6O. The van der Waals surface area contributed by atoms with Crippen LogP contribution in [0.25, 0.3) is 28.0 Å². The van der Waals surface area contributed by atoms with Crippen LogP contribution in [-0.2, 0) is 6.54 Å². The van der Waals surface area contributed by atoms with Crippen molar-refractivity contribution in [3.8, 4) is 5.82 Å². The second kappa shape index (κ2) is 5.66. The minimum absolute atomic E-state index is 0.191. The summed E-state index contributed by atoms with van der Waals surface area (Å²) >= 11 is 0. The Morgan fingerprint density at radius 2 is 1.96 bits per heavy atom.